The molecule has 2 aliphatic rings. The minimum Gasteiger partial charge on any atom is -0.486 e. The van der Waals surface area contributed by atoms with Crippen LogP contribution >= 0.6 is 0 Å². The Balaban J connectivity index is 1.41. The van der Waals surface area contributed by atoms with E-state index in [4.69, 9.17) is 9.47 Å². The Labute approximate surface area is 185 Å². The van der Waals surface area contributed by atoms with Crippen molar-refractivity contribution < 1.29 is 18.5 Å². The highest BCUT2D eigenvalue weighted by Gasteiger charge is 2.30. The van der Waals surface area contributed by atoms with Gasteiger partial charge in [-0.25, -0.2) is 4.98 Å². The van der Waals surface area contributed by atoms with E-state index in [1.807, 2.05) is 24.3 Å². The van der Waals surface area contributed by atoms with Gasteiger partial charge in [0, 0.05) is 31.0 Å². The number of ether oxygens (including phenoxy) is 2. The number of carbonyl (C=O) groups excluding carboxylic acids is 1. The minimum absolute atomic E-state index is 0.103. The van der Waals surface area contributed by atoms with Gasteiger partial charge >= 0.3 is 0 Å². The van der Waals surface area contributed by atoms with Crippen LogP contribution in [0.25, 0.3) is 5.65 Å². The number of para-hydroxylation sites is 1. The molecule has 2 aliphatic heterocycles. The average molecular weight is 457 g/mol. The summed E-state index contributed by atoms with van der Waals surface area (Å²) < 4.78 is 24.8. The largest absolute Gasteiger partial charge is 0.486 e. The van der Waals surface area contributed by atoms with Crippen molar-refractivity contribution in [1.29, 1.82) is 0 Å². The summed E-state index contributed by atoms with van der Waals surface area (Å²) in [6, 6.07) is 7.43. The molecule has 2 aromatic heterocycles. The summed E-state index contributed by atoms with van der Waals surface area (Å²) in [5.41, 5.74) is 1.72. The van der Waals surface area contributed by atoms with Crippen LogP contribution in [0.15, 0.2) is 30.5 Å². The lowest BCUT2D eigenvalue weighted by Gasteiger charge is -2.29. The average Bonchev–Trinajstić information content (AvgIpc) is 3.14. The Morgan fingerprint density at radius 3 is 2.88 bits per heavy atom. The lowest BCUT2D eigenvalue weighted by Crippen LogP contribution is -2.38. The molecule has 3 aromatic rings. The molecular formula is C21H24N6O4S. The van der Waals surface area contributed by atoms with E-state index in [1.54, 1.807) is 17.8 Å². The number of nitrogens with one attached hydrogen (secondary N) is 3. The van der Waals surface area contributed by atoms with Gasteiger partial charge in [-0.05, 0) is 33.4 Å². The van der Waals surface area contributed by atoms with Crippen molar-refractivity contribution in [1.82, 2.24) is 14.6 Å². The molecule has 0 spiro atoms. The Morgan fingerprint density at radius 1 is 1.28 bits per heavy atom. The first-order valence-corrected chi connectivity index (χ1v) is 12.3. The maximum atomic E-state index is 12.5. The van der Waals surface area contributed by atoms with Crippen LogP contribution in [0.5, 0.6) is 11.5 Å². The van der Waals surface area contributed by atoms with Crippen molar-refractivity contribution in [2.75, 3.05) is 47.7 Å². The Kier molecular flexibility index (Phi) is 5.04. The summed E-state index contributed by atoms with van der Waals surface area (Å²) >= 11 is 0. The molecule has 0 bridgehead atoms. The van der Waals surface area contributed by atoms with Gasteiger partial charge in [-0.1, -0.05) is 6.07 Å². The number of nitrogens with zero attached hydrogens (tertiary/aromatic N) is 3. The summed E-state index contributed by atoms with van der Waals surface area (Å²) in [5, 5.41) is 13.6. The number of amides is 1. The van der Waals surface area contributed by atoms with E-state index in [-0.39, 0.29) is 11.8 Å². The fourth-order valence-electron chi connectivity index (χ4n) is 3.99. The SMILES string of the molecule is C=S1(=O)CC(CC(=O)Nc2cnn3c(NC)cc(Nc4cccc5c4OCCO5)nc23)C1. The van der Waals surface area contributed by atoms with Crippen LogP contribution in [0.1, 0.15) is 6.42 Å². The molecule has 0 aliphatic carbocycles. The fourth-order valence-corrected chi connectivity index (χ4v) is 5.85. The van der Waals surface area contributed by atoms with Crippen LogP contribution in [0, 0.1) is 5.92 Å². The summed E-state index contributed by atoms with van der Waals surface area (Å²) in [6.45, 7) is 0.985. The monoisotopic (exact) mass is 456 g/mol. The van der Waals surface area contributed by atoms with Gasteiger partial charge in [0.2, 0.25) is 5.91 Å². The third kappa shape index (κ3) is 3.91. The van der Waals surface area contributed by atoms with Crippen molar-refractivity contribution in [3.8, 4) is 11.5 Å². The zero-order valence-corrected chi connectivity index (χ0v) is 18.4. The number of fused-ring (bicyclic) bond motifs is 2. The van der Waals surface area contributed by atoms with E-state index in [9.17, 15) is 9.00 Å². The van der Waals surface area contributed by atoms with Crippen LogP contribution < -0.4 is 25.4 Å². The molecule has 1 amide bonds. The molecule has 3 N–H and O–H groups in total. The highest BCUT2D eigenvalue weighted by molar-refractivity contribution is 8.01. The van der Waals surface area contributed by atoms with Crippen molar-refractivity contribution in [2.24, 2.45) is 5.92 Å². The second kappa shape index (κ2) is 7.90. The van der Waals surface area contributed by atoms with E-state index < -0.39 is 9.52 Å². The molecule has 168 valence electrons. The number of anilines is 4. The van der Waals surface area contributed by atoms with Crippen LogP contribution in [0.3, 0.4) is 0 Å². The number of benzene rings is 1. The quantitative estimate of drug-likeness (QED) is 0.482. The molecular weight excluding hydrogens is 432 g/mol. The summed E-state index contributed by atoms with van der Waals surface area (Å²) in [7, 11) is -0.184. The Hall–Kier alpha value is -3.47. The van der Waals surface area contributed by atoms with Gasteiger partial charge in [0.1, 0.15) is 30.5 Å². The molecule has 11 heteroatoms. The molecule has 1 saturated heterocycles. The maximum absolute atomic E-state index is 12.5. The predicted molar refractivity (Wildman–Crippen MR) is 125 cm³/mol. The molecule has 5 rings (SSSR count). The normalized spacial score (nSPS) is 21.6. The molecule has 1 aromatic carbocycles. The molecule has 0 saturated carbocycles. The van der Waals surface area contributed by atoms with E-state index in [0.717, 1.165) is 5.69 Å². The molecule has 4 heterocycles. The van der Waals surface area contributed by atoms with Crippen molar-refractivity contribution >= 4 is 50.0 Å². The summed E-state index contributed by atoms with van der Waals surface area (Å²) in [5.74, 6) is 7.18. The van der Waals surface area contributed by atoms with E-state index in [1.165, 1.54) is 0 Å². The first-order valence-electron chi connectivity index (χ1n) is 10.3. The number of rotatable bonds is 6. The minimum atomic E-state index is -1.97. The fraction of sp³-hybridized carbons (Fsp3) is 0.333. The number of hydrogen-bond donors (Lipinski definition) is 3. The molecule has 0 radical (unpaired) electrons. The van der Waals surface area contributed by atoms with Gasteiger partial charge in [0.15, 0.2) is 17.1 Å². The smallest absolute Gasteiger partial charge is 0.224 e. The van der Waals surface area contributed by atoms with E-state index in [0.29, 0.717) is 65.6 Å². The van der Waals surface area contributed by atoms with Crippen molar-refractivity contribution in [3.63, 3.8) is 0 Å². The highest BCUT2D eigenvalue weighted by atomic mass is 32.2. The van der Waals surface area contributed by atoms with Crippen molar-refractivity contribution in [3.05, 3.63) is 30.5 Å². The third-order valence-corrected chi connectivity index (χ3v) is 7.54. The second-order valence-corrected chi connectivity index (χ2v) is 10.5. The van der Waals surface area contributed by atoms with Gasteiger partial charge in [-0.2, -0.15) is 9.61 Å². The zero-order valence-electron chi connectivity index (χ0n) is 17.6. The molecule has 32 heavy (non-hydrogen) atoms. The van der Waals surface area contributed by atoms with Gasteiger partial charge in [-0.3, -0.25) is 9.00 Å². The van der Waals surface area contributed by atoms with Gasteiger partial charge < -0.3 is 25.4 Å². The summed E-state index contributed by atoms with van der Waals surface area (Å²) in [4.78, 5) is 17.2. The topological polar surface area (TPSA) is 119 Å². The predicted octanol–water partition coefficient (Wildman–Crippen LogP) is 1.96. The van der Waals surface area contributed by atoms with Crippen LogP contribution in [-0.4, -0.2) is 62.4 Å². The van der Waals surface area contributed by atoms with Crippen molar-refractivity contribution in [2.45, 2.75) is 6.42 Å². The van der Waals surface area contributed by atoms with Crippen LogP contribution in [-0.2, 0) is 14.3 Å². The highest BCUT2D eigenvalue weighted by Crippen LogP contribution is 2.39. The molecule has 1 fully saturated rings. The number of hydrogen-bond acceptors (Lipinski definition) is 8. The van der Waals surface area contributed by atoms with E-state index in [2.05, 4.69) is 31.9 Å². The first kappa shape index (κ1) is 20.4. The lowest BCUT2D eigenvalue weighted by molar-refractivity contribution is -0.116. The van der Waals surface area contributed by atoms with Gasteiger partial charge in [0.05, 0.1) is 11.9 Å². The summed E-state index contributed by atoms with van der Waals surface area (Å²) in [6.07, 6.45) is 1.87. The lowest BCUT2D eigenvalue weighted by atomic mass is 10.1. The van der Waals surface area contributed by atoms with Crippen LogP contribution in [0.2, 0.25) is 0 Å². The Bertz CT molecular complexity index is 1290. The Morgan fingerprint density at radius 2 is 2.09 bits per heavy atom. The molecule has 0 atom stereocenters. The molecule has 0 unspecified atom stereocenters. The number of aromatic nitrogens is 3. The zero-order chi connectivity index (χ0) is 22.3. The van der Waals surface area contributed by atoms with E-state index >= 15 is 0 Å². The standard InChI is InChI=1S/C21H24N6O4S/c1-22-18-9-17(24-14-4-3-5-16-20(14)31-7-6-30-16)26-21-15(10-23-27(18)21)25-19(28)8-13-11-32(2,29)12-13/h3-5,9-10,13,22H,2,6-8,11-12H2,1H3,(H,24,26)(H,25,28). The molecule has 10 nitrogen and oxygen atoms in total. The van der Waals surface area contributed by atoms with Crippen LogP contribution in [0.4, 0.5) is 23.0 Å². The number of carbonyl (C=O) groups is 1. The van der Waals surface area contributed by atoms with Gasteiger partial charge in [0.25, 0.3) is 0 Å². The third-order valence-electron chi connectivity index (χ3n) is 5.38. The first-order chi connectivity index (χ1) is 15.4. The second-order valence-electron chi connectivity index (χ2n) is 7.94. The maximum Gasteiger partial charge on any atom is 0.224 e. The van der Waals surface area contributed by atoms with Gasteiger partial charge in [-0.15, -0.1) is 0 Å².